The first-order valence-corrected chi connectivity index (χ1v) is 9.27. The molecule has 0 aromatic heterocycles. The molecular weight excluding hydrogens is 301 g/mol. The summed E-state index contributed by atoms with van der Waals surface area (Å²) in [4.78, 5) is 14.4. The Morgan fingerprint density at radius 3 is 2.09 bits per heavy atom. The van der Waals surface area contributed by atoms with Crippen LogP contribution in [0, 0.1) is 6.92 Å². The van der Waals surface area contributed by atoms with E-state index in [2.05, 4.69) is 0 Å². The maximum Gasteiger partial charge on any atom is 0.362 e. The minimum absolute atomic E-state index is 0.153. The molecule has 0 aliphatic rings. The van der Waals surface area contributed by atoms with Crippen LogP contribution in [0.3, 0.4) is 0 Å². The van der Waals surface area contributed by atoms with Gasteiger partial charge in [0.15, 0.2) is 0 Å². The molecule has 0 fully saturated rings. The van der Waals surface area contributed by atoms with E-state index in [9.17, 15) is 9.36 Å². The molecule has 0 radical (unpaired) electrons. The number of benzene rings is 1. The van der Waals surface area contributed by atoms with Crippen LogP contribution in [0.1, 0.15) is 43.6 Å². The van der Waals surface area contributed by atoms with Crippen molar-refractivity contribution in [2.24, 2.45) is 0 Å². The Morgan fingerprint density at radius 2 is 1.64 bits per heavy atom. The lowest BCUT2D eigenvalue weighted by Gasteiger charge is -2.24. The Morgan fingerprint density at radius 1 is 1.09 bits per heavy atom. The predicted octanol–water partition coefficient (Wildman–Crippen LogP) is 3.37. The zero-order chi connectivity index (χ0) is 16.8. The quantitative estimate of drug-likeness (QED) is 0.687. The Kier molecular flexibility index (Phi) is 7.27. The van der Waals surface area contributed by atoms with E-state index in [1.807, 2.05) is 26.8 Å². The van der Waals surface area contributed by atoms with Crippen LogP contribution in [0.4, 0.5) is 0 Å². The molecule has 0 saturated carbocycles. The molecule has 124 valence electrons. The number of hydrogen-bond donors (Lipinski definition) is 0. The molecule has 1 aromatic carbocycles. The van der Waals surface area contributed by atoms with Crippen molar-refractivity contribution < 1.29 is 18.4 Å². The van der Waals surface area contributed by atoms with Crippen molar-refractivity contribution in [1.82, 2.24) is 4.90 Å². The van der Waals surface area contributed by atoms with Gasteiger partial charge in [0, 0.05) is 13.1 Å². The molecule has 0 saturated heterocycles. The second-order valence-corrected chi connectivity index (χ2v) is 6.82. The van der Waals surface area contributed by atoms with E-state index < -0.39 is 7.60 Å². The molecular formula is C16H26NO4P. The average molecular weight is 327 g/mol. The van der Waals surface area contributed by atoms with Gasteiger partial charge in [0.2, 0.25) is 0 Å². The van der Waals surface area contributed by atoms with Gasteiger partial charge in [0.05, 0.1) is 24.1 Å². The van der Waals surface area contributed by atoms with Crippen molar-refractivity contribution in [2.45, 2.75) is 34.6 Å². The molecule has 5 nitrogen and oxygen atoms in total. The van der Waals surface area contributed by atoms with Gasteiger partial charge in [-0.05, 0) is 46.8 Å². The molecule has 0 unspecified atom stereocenters. The molecule has 0 aliphatic heterocycles. The van der Waals surface area contributed by atoms with E-state index in [-0.39, 0.29) is 19.1 Å². The molecule has 0 heterocycles. The summed E-state index contributed by atoms with van der Waals surface area (Å²) in [6.45, 7) is 10.9. The SMILES string of the molecule is CCOP(=O)(OCC)c1cc(C)ccc1C(=O)N(CC)CC. The maximum absolute atomic E-state index is 13.1. The lowest BCUT2D eigenvalue weighted by Crippen LogP contribution is -2.34. The van der Waals surface area contributed by atoms with E-state index in [0.29, 0.717) is 24.0 Å². The predicted molar refractivity (Wildman–Crippen MR) is 88.9 cm³/mol. The highest BCUT2D eigenvalue weighted by Gasteiger charge is 2.32. The third kappa shape index (κ3) is 4.19. The lowest BCUT2D eigenvalue weighted by molar-refractivity contribution is 0.0773. The third-order valence-electron chi connectivity index (χ3n) is 3.33. The highest BCUT2D eigenvalue weighted by atomic mass is 31.2. The average Bonchev–Trinajstić information content (AvgIpc) is 2.48. The monoisotopic (exact) mass is 327 g/mol. The van der Waals surface area contributed by atoms with Crippen LogP contribution in [0.15, 0.2) is 18.2 Å². The Labute approximate surface area is 133 Å². The van der Waals surface area contributed by atoms with Crippen molar-refractivity contribution in [3.05, 3.63) is 29.3 Å². The van der Waals surface area contributed by atoms with Gasteiger partial charge in [0.25, 0.3) is 5.91 Å². The molecule has 0 N–H and O–H groups in total. The van der Waals surface area contributed by atoms with Gasteiger partial charge in [-0.1, -0.05) is 11.6 Å². The van der Waals surface area contributed by atoms with Crippen LogP contribution in [-0.2, 0) is 13.6 Å². The number of rotatable bonds is 8. The number of hydrogen-bond acceptors (Lipinski definition) is 4. The zero-order valence-corrected chi connectivity index (χ0v) is 15.0. The second-order valence-electron chi connectivity index (χ2n) is 4.83. The van der Waals surface area contributed by atoms with E-state index in [1.54, 1.807) is 30.9 Å². The van der Waals surface area contributed by atoms with Crippen molar-refractivity contribution in [3.8, 4) is 0 Å². The zero-order valence-electron chi connectivity index (χ0n) is 14.1. The summed E-state index contributed by atoms with van der Waals surface area (Å²) in [5.74, 6) is -0.153. The first-order chi connectivity index (χ1) is 10.4. The van der Waals surface area contributed by atoms with Crippen LogP contribution >= 0.6 is 7.60 Å². The normalized spacial score (nSPS) is 11.5. The van der Waals surface area contributed by atoms with Gasteiger partial charge >= 0.3 is 7.60 Å². The van der Waals surface area contributed by atoms with Crippen molar-refractivity contribution in [2.75, 3.05) is 26.3 Å². The highest BCUT2D eigenvalue weighted by Crippen LogP contribution is 2.48. The van der Waals surface area contributed by atoms with Crippen molar-refractivity contribution >= 4 is 18.8 Å². The summed E-state index contributed by atoms with van der Waals surface area (Å²) in [6, 6.07) is 5.27. The molecule has 1 aromatic rings. The number of carbonyl (C=O) groups excluding carboxylic acids is 1. The minimum atomic E-state index is -3.50. The summed E-state index contributed by atoms with van der Waals surface area (Å²) in [6.07, 6.45) is 0. The van der Waals surface area contributed by atoms with Crippen LogP contribution in [0.5, 0.6) is 0 Å². The summed E-state index contributed by atoms with van der Waals surface area (Å²) < 4.78 is 23.9. The molecule has 0 bridgehead atoms. The molecule has 1 rings (SSSR count). The van der Waals surface area contributed by atoms with Gasteiger partial charge < -0.3 is 13.9 Å². The van der Waals surface area contributed by atoms with Crippen molar-refractivity contribution in [1.29, 1.82) is 0 Å². The molecule has 0 spiro atoms. The van der Waals surface area contributed by atoms with E-state index in [4.69, 9.17) is 9.05 Å². The second kappa shape index (κ2) is 8.47. The van der Waals surface area contributed by atoms with Crippen LogP contribution in [0.2, 0.25) is 0 Å². The molecule has 6 heteroatoms. The fraction of sp³-hybridized carbons (Fsp3) is 0.562. The molecule has 22 heavy (non-hydrogen) atoms. The topological polar surface area (TPSA) is 55.8 Å². The van der Waals surface area contributed by atoms with Crippen molar-refractivity contribution in [3.63, 3.8) is 0 Å². The van der Waals surface area contributed by atoms with Crippen LogP contribution in [-0.4, -0.2) is 37.1 Å². The summed E-state index contributed by atoms with van der Waals surface area (Å²) in [5.41, 5.74) is 1.30. The highest BCUT2D eigenvalue weighted by molar-refractivity contribution is 7.62. The van der Waals surface area contributed by atoms with Gasteiger partial charge in [0.1, 0.15) is 0 Å². The Hall–Kier alpha value is -1.16. The summed E-state index contributed by atoms with van der Waals surface area (Å²) in [7, 11) is -3.50. The van der Waals surface area contributed by atoms with E-state index in [1.165, 1.54) is 0 Å². The number of aryl methyl sites for hydroxylation is 1. The molecule has 0 aliphatic carbocycles. The van der Waals surface area contributed by atoms with Gasteiger partial charge in [-0.25, -0.2) is 0 Å². The Bertz CT molecular complexity index is 545. The summed E-state index contributed by atoms with van der Waals surface area (Å²) >= 11 is 0. The van der Waals surface area contributed by atoms with Gasteiger partial charge in [-0.2, -0.15) is 0 Å². The third-order valence-corrected chi connectivity index (χ3v) is 5.48. The minimum Gasteiger partial charge on any atom is -0.339 e. The number of amides is 1. The standard InChI is InChI=1S/C16H26NO4P/c1-6-17(7-2)16(18)14-11-10-13(5)12-15(14)22(19,20-8-3)21-9-4/h10-12H,6-9H2,1-5H3. The van der Waals surface area contributed by atoms with Crippen LogP contribution in [0.25, 0.3) is 0 Å². The largest absolute Gasteiger partial charge is 0.362 e. The fourth-order valence-electron chi connectivity index (χ4n) is 2.25. The van der Waals surface area contributed by atoms with Crippen LogP contribution < -0.4 is 5.30 Å². The maximum atomic E-state index is 13.1. The van der Waals surface area contributed by atoms with E-state index >= 15 is 0 Å². The summed E-state index contributed by atoms with van der Waals surface area (Å²) in [5, 5.41) is 0.355. The van der Waals surface area contributed by atoms with E-state index in [0.717, 1.165) is 5.56 Å². The number of carbonyl (C=O) groups is 1. The first kappa shape index (κ1) is 18.9. The Balaban J connectivity index is 3.42. The van der Waals surface area contributed by atoms with Gasteiger partial charge in [-0.3, -0.25) is 9.36 Å². The smallest absolute Gasteiger partial charge is 0.339 e. The molecule has 1 amide bonds. The first-order valence-electron chi connectivity index (χ1n) is 7.73. The molecule has 0 atom stereocenters. The lowest BCUT2D eigenvalue weighted by atomic mass is 10.1. The fourth-order valence-corrected chi connectivity index (χ4v) is 4.11. The van der Waals surface area contributed by atoms with Gasteiger partial charge in [-0.15, -0.1) is 0 Å². The number of nitrogens with zero attached hydrogens (tertiary/aromatic N) is 1.